The van der Waals surface area contributed by atoms with Crippen LogP contribution in [0.2, 0.25) is 0 Å². The predicted molar refractivity (Wildman–Crippen MR) is 71.7 cm³/mol. The summed E-state index contributed by atoms with van der Waals surface area (Å²) in [6.07, 6.45) is -4.16. The molecule has 1 aliphatic rings. The summed E-state index contributed by atoms with van der Waals surface area (Å²) < 4.78 is 64.4. The molecule has 3 nitrogen and oxygen atoms in total. The van der Waals surface area contributed by atoms with Crippen LogP contribution in [0.3, 0.4) is 0 Å². The average Bonchev–Trinajstić information content (AvgIpc) is 2.38. The third-order valence-corrected chi connectivity index (χ3v) is 5.64. The minimum Gasteiger partial charge on any atom is -0.207 e. The van der Waals surface area contributed by atoms with Crippen LogP contribution < -0.4 is 0 Å². The van der Waals surface area contributed by atoms with Gasteiger partial charge in [-0.1, -0.05) is 22.0 Å². The maximum atomic E-state index is 12.7. The molecule has 0 radical (unpaired) electrons. The Morgan fingerprint density at radius 3 is 2.60 bits per heavy atom. The molecule has 0 aliphatic carbocycles. The number of piperidine rings is 1. The van der Waals surface area contributed by atoms with Crippen LogP contribution >= 0.6 is 15.9 Å². The van der Waals surface area contributed by atoms with Gasteiger partial charge in [0.1, 0.15) is 0 Å². The quantitative estimate of drug-likeness (QED) is 0.798. The zero-order valence-electron chi connectivity index (χ0n) is 10.4. The van der Waals surface area contributed by atoms with Gasteiger partial charge in [-0.2, -0.15) is 17.5 Å². The lowest BCUT2D eigenvalue weighted by atomic mass is 9.99. The Balaban J connectivity index is 2.26. The van der Waals surface area contributed by atoms with Crippen molar-refractivity contribution in [1.82, 2.24) is 4.31 Å². The van der Waals surface area contributed by atoms with Crippen molar-refractivity contribution < 1.29 is 21.6 Å². The van der Waals surface area contributed by atoms with E-state index >= 15 is 0 Å². The van der Waals surface area contributed by atoms with E-state index in [0.717, 1.165) is 4.31 Å². The van der Waals surface area contributed by atoms with Crippen molar-refractivity contribution in [2.75, 3.05) is 13.1 Å². The fourth-order valence-electron chi connectivity index (χ4n) is 2.20. The first-order valence-electron chi connectivity index (χ1n) is 6.03. The Bertz CT molecular complexity index is 589. The van der Waals surface area contributed by atoms with Gasteiger partial charge in [-0.3, -0.25) is 0 Å². The molecular formula is C12H13BrF3NO2S. The molecule has 1 unspecified atom stereocenters. The van der Waals surface area contributed by atoms with Crippen molar-refractivity contribution in [1.29, 1.82) is 0 Å². The molecule has 0 N–H and O–H groups in total. The summed E-state index contributed by atoms with van der Waals surface area (Å²) in [6, 6.07) is 5.99. The van der Waals surface area contributed by atoms with E-state index in [2.05, 4.69) is 15.9 Å². The summed E-state index contributed by atoms with van der Waals surface area (Å²) in [6.45, 7) is -0.375. The number of hydrogen-bond donors (Lipinski definition) is 0. The van der Waals surface area contributed by atoms with Crippen LogP contribution in [-0.4, -0.2) is 32.0 Å². The molecule has 0 bridgehead atoms. The molecule has 0 amide bonds. The molecule has 1 atom stereocenters. The Kier molecular flexibility index (Phi) is 4.46. The zero-order valence-corrected chi connectivity index (χ0v) is 12.8. The molecule has 2 rings (SSSR count). The lowest BCUT2D eigenvalue weighted by Gasteiger charge is -2.32. The topological polar surface area (TPSA) is 37.4 Å². The van der Waals surface area contributed by atoms with Gasteiger partial charge in [-0.05, 0) is 31.0 Å². The SMILES string of the molecule is O=S(=O)(c1cccc(Br)c1)N1CCCC(C(F)(F)F)C1. The molecule has 112 valence electrons. The van der Waals surface area contributed by atoms with E-state index in [4.69, 9.17) is 0 Å². The number of hydrogen-bond acceptors (Lipinski definition) is 2. The van der Waals surface area contributed by atoms with E-state index in [0.29, 0.717) is 4.47 Å². The summed E-state index contributed by atoms with van der Waals surface area (Å²) in [4.78, 5) is 0.00898. The van der Waals surface area contributed by atoms with Gasteiger partial charge < -0.3 is 0 Å². The van der Waals surface area contributed by atoms with Crippen LogP contribution in [-0.2, 0) is 10.0 Å². The lowest BCUT2D eigenvalue weighted by molar-refractivity contribution is -0.182. The van der Waals surface area contributed by atoms with Crippen molar-refractivity contribution >= 4 is 26.0 Å². The van der Waals surface area contributed by atoms with Gasteiger partial charge in [0, 0.05) is 17.6 Å². The number of rotatable bonds is 2. The van der Waals surface area contributed by atoms with Gasteiger partial charge in [0.05, 0.1) is 10.8 Å². The minimum absolute atomic E-state index is 0.00898. The van der Waals surface area contributed by atoms with Gasteiger partial charge in [-0.25, -0.2) is 8.42 Å². The van der Waals surface area contributed by atoms with Crippen LogP contribution in [0, 0.1) is 5.92 Å². The van der Waals surface area contributed by atoms with E-state index in [9.17, 15) is 21.6 Å². The first-order valence-corrected chi connectivity index (χ1v) is 8.27. The largest absolute Gasteiger partial charge is 0.393 e. The van der Waals surface area contributed by atoms with Crippen molar-refractivity contribution in [3.63, 3.8) is 0 Å². The molecule has 0 aromatic heterocycles. The van der Waals surface area contributed by atoms with Gasteiger partial charge >= 0.3 is 6.18 Å². The molecule has 0 saturated carbocycles. The summed E-state index contributed by atoms with van der Waals surface area (Å²) in [5.41, 5.74) is 0. The standard InChI is InChI=1S/C12H13BrF3NO2S/c13-10-4-1-5-11(7-10)20(18,19)17-6-2-3-9(8-17)12(14,15)16/h1,4-5,7,9H,2-3,6,8H2. The molecule has 1 saturated heterocycles. The summed E-state index contributed by atoms with van der Waals surface area (Å²) in [5.74, 6) is -1.59. The van der Waals surface area contributed by atoms with E-state index < -0.39 is 28.7 Å². The Labute approximate surface area is 123 Å². The van der Waals surface area contributed by atoms with E-state index in [1.54, 1.807) is 12.1 Å². The smallest absolute Gasteiger partial charge is 0.207 e. The lowest BCUT2D eigenvalue weighted by Crippen LogP contribution is -2.44. The molecule has 1 fully saturated rings. The van der Waals surface area contributed by atoms with Crippen molar-refractivity contribution in [3.05, 3.63) is 28.7 Å². The number of nitrogens with zero attached hydrogens (tertiary/aromatic N) is 1. The van der Waals surface area contributed by atoms with E-state index in [-0.39, 0.29) is 24.3 Å². The van der Waals surface area contributed by atoms with Gasteiger partial charge in [0.25, 0.3) is 0 Å². The molecule has 8 heteroatoms. The van der Waals surface area contributed by atoms with Gasteiger partial charge in [0.2, 0.25) is 10.0 Å². The second-order valence-electron chi connectivity index (χ2n) is 4.70. The van der Waals surface area contributed by atoms with Crippen molar-refractivity contribution in [2.45, 2.75) is 23.9 Å². The minimum atomic E-state index is -4.36. The highest BCUT2D eigenvalue weighted by Gasteiger charge is 2.44. The summed E-state index contributed by atoms with van der Waals surface area (Å²) >= 11 is 3.16. The highest BCUT2D eigenvalue weighted by molar-refractivity contribution is 9.10. The molecule has 20 heavy (non-hydrogen) atoms. The second kappa shape index (κ2) is 5.65. The third-order valence-electron chi connectivity index (χ3n) is 3.28. The van der Waals surface area contributed by atoms with Gasteiger partial charge in [-0.15, -0.1) is 0 Å². The van der Waals surface area contributed by atoms with Crippen LogP contribution in [0.25, 0.3) is 0 Å². The summed E-state index contributed by atoms with van der Waals surface area (Å²) in [7, 11) is -3.87. The monoisotopic (exact) mass is 371 g/mol. The van der Waals surface area contributed by atoms with E-state index in [1.807, 2.05) is 0 Å². The molecule has 0 spiro atoms. The van der Waals surface area contributed by atoms with Gasteiger partial charge in [0.15, 0.2) is 0 Å². The van der Waals surface area contributed by atoms with Crippen molar-refractivity contribution in [3.8, 4) is 0 Å². The van der Waals surface area contributed by atoms with Crippen LogP contribution in [0.1, 0.15) is 12.8 Å². The highest BCUT2D eigenvalue weighted by atomic mass is 79.9. The number of halogens is 4. The normalized spacial score (nSPS) is 21.9. The number of sulfonamides is 1. The maximum absolute atomic E-state index is 12.7. The predicted octanol–water partition coefficient (Wildman–Crippen LogP) is 3.41. The first-order chi connectivity index (χ1) is 9.21. The molecule has 1 aromatic rings. The zero-order chi connectivity index (χ0) is 15.0. The Hall–Kier alpha value is -0.600. The Morgan fingerprint density at radius 1 is 1.30 bits per heavy atom. The van der Waals surface area contributed by atoms with Crippen LogP contribution in [0.15, 0.2) is 33.6 Å². The first kappa shape index (κ1) is 15.8. The second-order valence-corrected chi connectivity index (χ2v) is 7.55. The maximum Gasteiger partial charge on any atom is 0.393 e. The fourth-order valence-corrected chi connectivity index (χ4v) is 4.33. The third kappa shape index (κ3) is 3.35. The molecule has 1 heterocycles. The van der Waals surface area contributed by atoms with E-state index in [1.165, 1.54) is 12.1 Å². The van der Waals surface area contributed by atoms with Crippen LogP contribution in [0.4, 0.5) is 13.2 Å². The molecular weight excluding hydrogens is 359 g/mol. The molecule has 1 aliphatic heterocycles. The fraction of sp³-hybridized carbons (Fsp3) is 0.500. The average molecular weight is 372 g/mol. The Morgan fingerprint density at radius 2 is 2.00 bits per heavy atom. The number of benzene rings is 1. The summed E-state index contributed by atoms with van der Waals surface area (Å²) in [5, 5.41) is 0. The highest BCUT2D eigenvalue weighted by Crippen LogP contribution is 2.35. The van der Waals surface area contributed by atoms with Crippen LogP contribution in [0.5, 0.6) is 0 Å². The van der Waals surface area contributed by atoms with Crippen molar-refractivity contribution in [2.24, 2.45) is 5.92 Å². The number of alkyl halides is 3. The molecule has 1 aromatic carbocycles.